The minimum Gasteiger partial charge on any atom is -0.394 e. The summed E-state index contributed by atoms with van der Waals surface area (Å²) in [6.07, 6.45) is 0.973. The third kappa shape index (κ3) is 4.19. The molecule has 0 bridgehead atoms. The molecule has 5 heteroatoms. The van der Waals surface area contributed by atoms with Crippen LogP contribution >= 0.6 is 0 Å². The molecule has 2 rings (SSSR count). The first-order valence-corrected chi connectivity index (χ1v) is 8.17. The van der Waals surface area contributed by atoms with Crippen LogP contribution in [0, 0.1) is 17.0 Å². The number of nitro benzene ring substituents is 1. The Bertz CT molecular complexity index is 698. The van der Waals surface area contributed by atoms with Gasteiger partial charge in [-0.25, -0.2) is 0 Å². The average molecular weight is 328 g/mol. The van der Waals surface area contributed by atoms with Gasteiger partial charge in [-0.2, -0.15) is 0 Å². The Hall–Kier alpha value is -2.24. The number of hydrogen-bond acceptors (Lipinski definition) is 4. The molecule has 0 heterocycles. The third-order valence-corrected chi connectivity index (χ3v) is 4.35. The number of rotatable bonds is 7. The molecule has 2 aromatic carbocycles. The fraction of sp³-hybridized carbons (Fsp3) is 0.368. The summed E-state index contributed by atoms with van der Waals surface area (Å²) < 4.78 is 0. The van der Waals surface area contributed by atoms with E-state index in [0.717, 1.165) is 17.5 Å². The predicted molar refractivity (Wildman–Crippen MR) is 95.0 cm³/mol. The Labute approximate surface area is 142 Å². The summed E-state index contributed by atoms with van der Waals surface area (Å²) in [5.74, 6) is 0. The minimum atomic E-state index is -0.363. The molecule has 128 valence electrons. The van der Waals surface area contributed by atoms with Crippen molar-refractivity contribution in [2.45, 2.75) is 39.3 Å². The molecule has 0 saturated carbocycles. The molecule has 0 aromatic heterocycles. The molecule has 0 aliphatic heterocycles. The van der Waals surface area contributed by atoms with Crippen molar-refractivity contribution in [3.05, 3.63) is 74.8 Å². The van der Waals surface area contributed by atoms with Gasteiger partial charge in [0.15, 0.2) is 0 Å². The first-order valence-electron chi connectivity index (χ1n) is 8.17. The Morgan fingerprint density at radius 1 is 1.17 bits per heavy atom. The second kappa shape index (κ2) is 8.04. The molecule has 0 fully saturated rings. The van der Waals surface area contributed by atoms with Gasteiger partial charge in [0.1, 0.15) is 0 Å². The quantitative estimate of drug-likeness (QED) is 0.598. The summed E-state index contributed by atoms with van der Waals surface area (Å²) in [4.78, 5) is 10.7. The molecule has 0 saturated heterocycles. The monoisotopic (exact) mass is 328 g/mol. The third-order valence-electron chi connectivity index (χ3n) is 4.35. The van der Waals surface area contributed by atoms with Gasteiger partial charge in [0.25, 0.3) is 5.69 Å². The Balaban J connectivity index is 2.18. The number of nitrogens with one attached hydrogen (secondary N) is 1. The molecule has 5 nitrogen and oxygen atoms in total. The standard InChI is InChI=1S/C19H24N2O3/c1-4-15-6-9-16(10-7-15)18(12-22)20-14(3)17-8-5-13(2)19(11-17)21(23)24/h5-11,14,18,20,22H,4,12H2,1-3H3. The maximum absolute atomic E-state index is 11.1. The lowest BCUT2D eigenvalue weighted by Gasteiger charge is -2.23. The molecule has 0 spiro atoms. The fourth-order valence-electron chi connectivity index (χ4n) is 2.73. The van der Waals surface area contributed by atoms with Crippen LogP contribution in [0.3, 0.4) is 0 Å². The normalized spacial score (nSPS) is 13.5. The van der Waals surface area contributed by atoms with E-state index < -0.39 is 0 Å². The van der Waals surface area contributed by atoms with Crippen LogP contribution in [0.25, 0.3) is 0 Å². The molecule has 0 aliphatic carbocycles. The van der Waals surface area contributed by atoms with Crippen LogP contribution in [-0.2, 0) is 6.42 Å². The zero-order chi connectivity index (χ0) is 17.7. The van der Waals surface area contributed by atoms with E-state index in [0.29, 0.717) is 5.56 Å². The molecular formula is C19H24N2O3. The molecule has 2 atom stereocenters. The summed E-state index contributed by atoms with van der Waals surface area (Å²) in [7, 11) is 0. The predicted octanol–water partition coefficient (Wildman–Crippen LogP) is 3.85. The topological polar surface area (TPSA) is 75.4 Å². The second-order valence-corrected chi connectivity index (χ2v) is 6.02. The maximum Gasteiger partial charge on any atom is 0.272 e. The van der Waals surface area contributed by atoms with Crippen molar-refractivity contribution in [3.8, 4) is 0 Å². The van der Waals surface area contributed by atoms with Crippen LogP contribution in [-0.4, -0.2) is 16.6 Å². The average Bonchev–Trinajstić information content (AvgIpc) is 2.59. The van der Waals surface area contributed by atoms with Gasteiger partial charge in [-0.15, -0.1) is 0 Å². The molecular weight excluding hydrogens is 304 g/mol. The molecule has 0 radical (unpaired) electrons. The van der Waals surface area contributed by atoms with Crippen molar-refractivity contribution in [3.63, 3.8) is 0 Å². The van der Waals surface area contributed by atoms with Gasteiger partial charge < -0.3 is 10.4 Å². The van der Waals surface area contributed by atoms with Crippen molar-refractivity contribution in [1.82, 2.24) is 5.32 Å². The largest absolute Gasteiger partial charge is 0.394 e. The highest BCUT2D eigenvalue weighted by Crippen LogP contribution is 2.25. The van der Waals surface area contributed by atoms with E-state index in [-0.39, 0.29) is 29.3 Å². The highest BCUT2D eigenvalue weighted by molar-refractivity contribution is 5.43. The van der Waals surface area contributed by atoms with Crippen LogP contribution in [0.5, 0.6) is 0 Å². The highest BCUT2D eigenvalue weighted by atomic mass is 16.6. The summed E-state index contributed by atoms with van der Waals surface area (Å²) in [5.41, 5.74) is 3.84. The summed E-state index contributed by atoms with van der Waals surface area (Å²) >= 11 is 0. The van der Waals surface area contributed by atoms with Crippen LogP contribution < -0.4 is 5.32 Å². The lowest BCUT2D eigenvalue weighted by atomic mass is 10.0. The lowest BCUT2D eigenvalue weighted by molar-refractivity contribution is -0.385. The van der Waals surface area contributed by atoms with E-state index >= 15 is 0 Å². The molecule has 24 heavy (non-hydrogen) atoms. The number of benzene rings is 2. The number of aliphatic hydroxyl groups is 1. The molecule has 2 N–H and O–H groups in total. The Morgan fingerprint density at radius 3 is 2.33 bits per heavy atom. The van der Waals surface area contributed by atoms with Gasteiger partial charge >= 0.3 is 0 Å². The molecule has 2 unspecified atom stereocenters. The summed E-state index contributed by atoms with van der Waals surface area (Å²) in [5, 5.41) is 24.2. The van der Waals surface area contributed by atoms with E-state index in [1.165, 1.54) is 5.56 Å². The first kappa shape index (κ1) is 18.1. The minimum absolute atomic E-state index is 0.0379. The first-order chi connectivity index (χ1) is 11.5. The summed E-state index contributed by atoms with van der Waals surface area (Å²) in [6.45, 7) is 5.73. The van der Waals surface area contributed by atoms with Crippen molar-refractivity contribution >= 4 is 5.69 Å². The van der Waals surface area contributed by atoms with E-state index in [9.17, 15) is 15.2 Å². The molecule has 0 aliphatic rings. The van der Waals surface area contributed by atoms with E-state index in [2.05, 4.69) is 24.4 Å². The number of aryl methyl sites for hydroxylation is 2. The van der Waals surface area contributed by atoms with Crippen LogP contribution in [0.15, 0.2) is 42.5 Å². The van der Waals surface area contributed by atoms with Crippen LogP contribution in [0.4, 0.5) is 5.69 Å². The fourth-order valence-corrected chi connectivity index (χ4v) is 2.73. The van der Waals surface area contributed by atoms with Crippen molar-refractivity contribution in [2.75, 3.05) is 6.61 Å². The van der Waals surface area contributed by atoms with Crippen molar-refractivity contribution < 1.29 is 10.0 Å². The number of nitro groups is 1. The number of nitrogens with zero attached hydrogens (tertiary/aromatic N) is 1. The molecule has 0 amide bonds. The summed E-state index contributed by atoms with van der Waals surface area (Å²) in [6, 6.07) is 13.0. The van der Waals surface area contributed by atoms with Gasteiger partial charge in [0, 0.05) is 17.7 Å². The van der Waals surface area contributed by atoms with Crippen LogP contribution in [0.1, 0.15) is 48.2 Å². The van der Waals surface area contributed by atoms with Crippen molar-refractivity contribution in [1.29, 1.82) is 0 Å². The van der Waals surface area contributed by atoms with Gasteiger partial charge in [-0.3, -0.25) is 10.1 Å². The van der Waals surface area contributed by atoms with Gasteiger partial charge in [-0.05, 0) is 37.0 Å². The zero-order valence-corrected chi connectivity index (χ0v) is 14.3. The Morgan fingerprint density at radius 2 is 1.79 bits per heavy atom. The second-order valence-electron chi connectivity index (χ2n) is 6.02. The van der Waals surface area contributed by atoms with E-state index in [1.807, 2.05) is 25.1 Å². The maximum atomic E-state index is 11.1. The smallest absolute Gasteiger partial charge is 0.272 e. The Kier molecular flexibility index (Phi) is 6.06. The molecule has 2 aromatic rings. The van der Waals surface area contributed by atoms with Gasteiger partial charge in [0.05, 0.1) is 17.6 Å². The lowest BCUT2D eigenvalue weighted by Crippen LogP contribution is -2.27. The zero-order valence-electron chi connectivity index (χ0n) is 14.3. The highest BCUT2D eigenvalue weighted by Gasteiger charge is 2.18. The van der Waals surface area contributed by atoms with Gasteiger partial charge in [0.2, 0.25) is 0 Å². The van der Waals surface area contributed by atoms with Gasteiger partial charge in [-0.1, -0.05) is 43.3 Å². The SMILES string of the molecule is CCc1ccc(C(CO)NC(C)c2ccc(C)c([N+](=O)[O-])c2)cc1. The van der Waals surface area contributed by atoms with E-state index in [1.54, 1.807) is 19.1 Å². The van der Waals surface area contributed by atoms with Crippen LogP contribution in [0.2, 0.25) is 0 Å². The number of hydrogen-bond donors (Lipinski definition) is 2. The van der Waals surface area contributed by atoms with E-state index in [4.69, 9.17) is 0 Å². The number of aliphatic hydroxyl groups excluding tert-OH is 1. The van der Waals surface area contributed by atoms with Crippen molar-refractivity contribution in [2.24, 2.45) is 0 Å².